The standard InChI is InChI=1S/C13H9FN2OS/c14-8-2-1-3-9(15)12(8)13-16-10-5-4-7(17)6-11(10)18-13/h1-6,17H,15H2. The predicted molar refractivity (Wildman–Crippen MR) is 71.1 cm³/mol. The summed E-state index contributed by atoms with van der Waals surface area (Å²) >= 11 is 1.30. The van der Waals surface area contributed by atoms with Crippen LogP contribution in [-0.4, -0.2) is 10.1 Å². The summed E-state index contributed by atoms with van der Waals surface area (Å²) < 4.78 is 14.6. The van der Waals surface area contributed by atoms with Crippen molar-refractivity contribution in [3.63, 3.8) is 0 Å². The molecule has 0 radical (unpaired) electrons. The Bertz CT molecular complexity index is 719. The van der Waals surface area contributed by atoms with Crippen LogP contribution in [0.15, 0.2) is 36.4 Å². The Morgan fingerprint density at radius 1 is 1.22 bits per heavy atom. The van der Waals surface area contributed by atoms with Crippen molar-refractivity contribution in [2.45, 2.75) is 0 Å². The smallest absolute Gasteiger partial charge is 0.135 e. The van der Waals surface area contributed by atoms with E-state index >= 15 is 0 Å². The van der Waals surface area contributed by atoms with E-state index in [1.165, 1.54) is 17.4 Å². The molecule has 0 unspecified atom stereocenters. The van der Waals surface area contributed by atoms with Gasteiger partial charge in [-0.25, -0.2) is 9.37 Å². The van der Waals surface area contributed by atoms with Crippen LogP contribution in [0.25, 0.3) is 20.8 Å². The molecule has 5 heteroatoms. The van der Waals surface area contributed by atoms with Crippen LogP contribution in [0.2, 0.25) is 0 Å². The van der Waals surface area contributed by atoms with Gasteiger partial charge in [-0.2, -0.15) is 0 Å². The molecule has 0 spiro atoms. The zero-order valence-corrected chi connectivity index (χ0v) is 10.0. The summed E-state index contributed by atoms with van der Waals surface area (Å²) in [5.74, 6) is -0.225. The first-order valence-corrected chi connectivity index (χ1v) is 6.11. The van der Waals surface area contributed by atoms with Gasteiger partial charge in [-0.1, -0.05) is 6.07 Å². The highest BCUT2D eigenvalue weighted by atomic mass is 32.1. The van der Waals surface area contributed by atoms with Gasteiger partial charge in [0.2, 0.25) is 0 Å². The number of halogens is 1. The molecule has 0 atom stereocenters. The van der Waals surface area contributed by atoms with Gasteiger partial charge in [0.15, 0.2) is 0 Å². The molecule has 1 aromatic heterocycles. The van der Waals surface area contributed by atoms with Crippen LogP contribution < -0.4 is 5.73 Å². The zero-order chi connectivity index (χ0) is 12.7. The topological polar surface area (TPSA) is 59.1 Å². The Morgan fingerprint density at radius 3 is 2.83 bits per heavy atom. The molecule has 0 aliphatic heterocycles. The van der Waals surface area contributed by atoms with Crippen molar-refractivity contribution in [1.82, 2.24) is 4.98 Å². The molecule has 0 saturated heterocycles. The van der Waals surface area contributed by atoms with Crippen molar-refractivity contribution < 1.29 is 9.50 Å². The normalized spacial score (nSPS) is 10.9. The number of hydrogen-bond acceptors (Lipinski definition) is 4. The van der Waals surface area contributed by atoms with Crippen molar-refractivity contribution in [3.8, 4) is 16.3 Å². The number of phenols is 1. The second-order valence-corrected chi connectivity index (χ2v) is 4.91. The predicted octanol–water partition coefficient (Wildman–Crippen LogP) is 3.39. The van der Waals surface area contributed by atoms with Crippen LogP contribution in [0.4, 0.5) is 10.1 Å². The van der Waals surface area contributed by atoms with Crippen LogP contribution in [0.3, 0.4) is 0 Å². The largest absolute Gasteiger partial charge is 0.508 e. The lowest BCUT2D eigenvalue weighted by Gasteiger charge is -2.02. The quantitative estimate of drug-likeness (QED) is 0.659. The van der Waals surface area contributed by atoms with Gasteiger partial charge in [-0.05, 0) is 30.3 Å². The molecule has 0 saturated carbocycles. The molecular weight excluding hydrogens is 251 g/mol. The number of thiazole rings is 1. The third-order valence-electron chi connectivity index (χ3n) is 2.63. The molecule has 3 N–H and O–H groups in total. The molecule has 2 aromatic carbocycles. The van der Waals surface area contributed by atoms with Crippen LogP contribution in [0.1, 0.15) is 0 Å². The zero-order valence-electron chi connectivity index (χ0n) is 9.22. The molecular formula is C13H9FN2OS. The van der Waals surface area contributed by atoms with E-state index in [4.69, 9.17) is 5.73 Å². The molecule has 3 aromatic rings. The average Bonchev–Trinajstić information content (AvgIpc) is 2.71. The Labute approximate surface area is 106 Å². The Balaban J connectivity index is 2.26. The maximum atomic E-state index is 13.8. The number of fused-ring (bicyclic) bond motifs is 1. The minimum absolute atomic E-state index is 0.166. The van der Waals surface area contributed by atoms with Gasteiger partial charge < -0.3 is 10.8 Å². The molecule has 0 amide bonds. The second kappa shape index (κ2) is 3.96. The summed E-state index contributed by atoms with van der Waals surface area (Å²) in [7, 11) is 0. The molecule has 0 fully saturated rings. The van der Waals surface area contributed by atoms with Gasteiger partial charge >= 0.3 is 0 Å². The number of aromatic hydroxyl groups is 1. The Hall–Kier alpha value is -2.14. The lowest BCUT2D eigenvalue weighted by atomic mass is 10.2. The molecule has 0 aliphatic carbocycles. The van der Waals surface area contributed by atoms with E-state index in [1.807, 2.05) is 0 Å². The minimum Gasteiger partial charge on any atom is -0.508 e. The summed E-state index contributed by atoms with van der Waals surface area (Å²) in [6.45, 7) is 0. The maximum Gasteiger partial charge on any atom is 0.135 e. The molecule has 3 nitrogen and oxygen atoms in total. The highest BCUT2D eigenvalue weighted by Crippen LogP contribution is 2.36. The number of rotatable bonds is 1. The van der Waals surface area contributed by atoms with Gasteiger partial charge in [0.1, 0.15) is 16.6 Å². The maximum absolute atomic E-state index is 13.8. The first-order chi connectivity index (χ1) is 8.65. The van der Waals surface area contributed by atoms with Crippen LogP contribution in [0.5, 0.6) is 5.75 Å². The fraction of sp³-hybridized carbons (Fsp3) is 0. The Morgan fingerprint density at radius 2 is 2.06 bits per heavy atom. The van der Waals surface area contributed by atoms with Crippen molar-refractivity contribution in [1.29, 1.82) is 0 Å². The highest BCUT2D eigenvalue weighted by molar-refractivity contribution is 7.21. The lowest BCUT2D eigenvalue weighted by Crippen LogP contribution is -1.92. The molecule has 18 heavy (non-hydrogen) atoms. The third kappa shape index (κ3) is 1.69. The SMILES string of the molecule is Nc1cccc(F)c1-c1nc2ccc(O)cc2s1. The first-order valence-electron chi connectivity index (χ1n) is 5.29. The summed E-state index contributed by atoms with van der Waals surface area (Å²) in [6, 6.07) is 9.41. The van der Waals surface area contributed by atoms with E-state index in [1.54, 1.807) is 30.3 Å². The third-order valence-corrected chi connectivity index (χ3v) is 3.67. The highest BCUT2D eigenvalue weighted by Gasteiger charge is 2.13. The Kier molecular flexibility index (Phi) is 2.41. The van der Waals surface area contributed by atoms with E-state index in [2.05, 4.69) is 4.98 Å². The number of nitrogens with two attached hydrogens (primary N) is 1. The minimum atomic E-state index is -0.390. The average molecular weight is 260 g/mol. The number of nitrogens with zero attached hydrogens (tertiary/aromatic N) is 1. The molecule has 0 aliphatic rings. The van der Waals surface area contributed by atoms with E-state index in [-0.39, 0.29) is 5.75 Å². The molecule has 3 rings (SSSR count). The fourth-order valence-electron chi connectivity index (χ4n) is 1.79. The van der Waals surface area contributed by atoms with Gasteiger partial charge in [0.05, 0.1) is 15.8 Å². The van der Waals surface area contributed by atoms with Gasteiger partial charge in [-0.3, -0.25) is 0 Å². The number of nitrogen functional groups attached to an aromatic ring is 1. The number of anilines is 1. The monoisotopic (exact) mass is 260 g/mol. The van der Waals surface area contributed by atoms with Crippen LogP contribution in [0, 0.1) is 5.82 Å². The summed E-state index contributed by atoms with van der Waals surface area (Å²) in [4.78, 5) is 4.33. The van der Waals surface area contributed by atoms with Gasteiger partial charge in [0.25, 0.3) is 0 Å². The van der Waals surface area contributed by atoms with Gasteiger partial charge in [-0.15, -0.1) is 11.3 Å². The fourth-order valence-corrected chi connectivity index (χ4v) is 2.85. The number of benzene rings is 2. The number of aromatic nitrogens is 1. The van der Waals surface area contributed by atoms with Crippen molar-refractivity contribution in [2.75, 3.05) is 5.73 Å². The number of phenolic OH excluding ortho intramolecular Hbond substituents is 1. The lowest BCUT2D eigenvalue weighted by molar-refractivity contribution is 0.476. The summed E-state index contributed by atoms with van der Waals surface area (Å²) in [5, 5.41) is 9.92. The van der Waals surface area contributed by atoms with Crippen molar-refractivity contribution >= 4 is 27.2 Å². The van der Waals surface area contributed by atoms with Gasteiger partial charge in [0, 0.05) is 5.69 Å². The van der Waals surface area contributed by atoms with E-state index in [0.29, 0.717) is 16.3 Å². The van der Waals surface area contributed by atoms with E-state index in [0.717, 1.165) is 10.2 Å². The van der Waals surface area contributed by atoms with Crippen LogP contribution >= 0.6 is 11.3 Å². The summed E-state index contributed by atoms with van der Waals surface area (Å²) in [6.07, 6.45) is 0. The van der Waals surface area contributed by atoms with Crippen LogP contribution in [-0.2, 0) is 0 Å². The number of hydrogen-bond donors (Lipinski definition) is 2. The van der Waals surface area contributed by atoms with Crippen molar-refractivity contribution in [3.05, 3.63) is 42.2 Å². The van der Waals surface area contributed by atoms with E-state index in [9.17, 15) is 9.50 Å². The molecule has 0 bridgehead atoms. The van der Waals surface area contributed by atoms with Crippen molar-refractivity contribution in [2.24, 2.45) is 0 Å². The summed E-state index contributed by atoms with van der Waals surface area (Å²) in [5.41, 5.74) is 7.18. The second-order valence-electron chi connectivity index (χ2n) is 3.88. The van der Waals surface area contributed by atoms with E-state index < -0.39 is 5.82 Å². The first kappa shape index (κ1) is 11.0. The molecule has 90 valence electrons. The molecule has 1 heterocycles.